The second-order valence-corrected chi connectivity index (χ2v) is 7.53. The van der Waals surface area contributed by atoms with Crippen LogP contribution in [0.3, 0.4) is 0 Å². The molecule has 5 nitrogen and oxygen atoms in total. The molecule has 1 N–H and O–H groups in total. The van der Waals surface area contributed by atoms with E-state index in [0.29, 0.717) is 10.6 Å². The molecule has 1 aromatic carbocycles. The van der Waals surface area contributed by atoms with Crippen LogP contribution in [-0.4, -0.2) is 46.0 Å². The summed E-state index contributed by atoms with van der Waals surface area (Å²) in [6.07, 6.45) is 1.70. The van der Waals surface area contributed by atoms with Crippen molar-refractivity contribution >= 4 is 22.4 Å². The van der Waals surface area contributed by atoms with E-state index in [1.165, 1.54) is 4.31 Å². The maximum absolute atomic E-state index is 12.9. The number of hydrogen-bond donors (Lipinski definition) is 1. The molecule has 0 bridgehead atoms. The fourth-order valence-corrected chi connectivity index (χ4v) is 4.77. The standard InChI is InChI=1S/C15H24N2O3S.ClH/c1-11-9-14(20-4)10-12(2)15(11)21(18,19)17(3)13-5-7-16-8-6-13;/h9-10,13,16H,5-8H2,1-4H3;1H. The predicted octanol–water partition coefficient (Wildman–Crippen LogP) is 2.11. The van der Waals surface area contributed by atoms with Crippen molar-refractivity contribution in [1.82, 2.24) is 9.62 Å². The van der Waals surface area contributed by atoms with Crippen LogP contribution < -0.4 is 10.1 Å². The molecule has 0 saturated carbocycles. The van der Waals surface area contributed by atoms with E-state index < -0.39 is 10.0 Å². The first kappa shape index (κ1) is 19.2. The van der Waals surface area contributed by atoms with E-state index in [-0.39, 0.29) is 18.4 Å². The summed E-state index contributed by atoms with van der Waals surface area (Å²) in [7, 11) is -0.199. The minimum absolute atomic E-state index is 0. The highest BCUT2D eigenvalue weighted by Gasteiger charge is 2.31. The number of hydrogen-bond acceptors (Lipinski definition) is 4. The molecule has 1 heterocycles. The van der Waals surface area contributed by atoms with Crippen molar-refractivity contribution in [3.8, 4) is 5.75 Å². The normalized spacial score (nSPS) is 16.4. The summed E-state index contributed by atoms with van der Waals surface area (Å²) in [5.41, 5.74) is 1.46. The Hall–Kier alpha value is -0.820. The van der Waals surface area contributed by atoms with Gasteiger partial charge in [-0.15, -0.1) is 12.4 Å². The van der Waals surface area contributed by atoms with Crippen LogP contribution >= 0.6 is 12.4 Å². The number of piperidine rings is 1. The van der Waals surface area contributed by atoms with Crippen LogP contribution in [0.2, 0.25) is 0 Å². The number of halogens is 1. The molecule has 22 heavy (non-hydrogen) atoms. The molecule has 0 amide bonds. The minimum Gasteiger partial charge on any atom is -0.497 e. The van der Waals surface area contributed by atoms with Crippen molar-refractivity contribution in [2.75, 3.05) is 27.2 Å². The minimum atomic E-state index is -3.47. The van der Waals surface area contributed by atoms with Crippen molar-refractivity contribution in [1.29, 1.82) is 0 Å². The van der Waals surface area contributed by atoms with Gasteiger partial charge < -0.3 is 10.1 Å². The quantitative estimate of drug-likeness (QED) is 0.905. The molecular weight excluding hydrogens is 324 g/mol. The lowest BCUT2D eigenvalue weighted by atomic mass is 10.1. The van der Waals surface area contributed by atoms with Crippen LogP contribution in [0, 0.1) is 13.8 Å². The first-order valence-electron chi connectivity index (χ1n) is 7.22. The van der Waals surface area contributed by atoms with Crippen LogP contribution in [0.4, 0.5) is 0 Å². The molecule has 1 aromatic rings. The summed E-state index contributed by atoms with van der Waals surface area (Å²) >= 11 is 0. The molecule has 2 rings (SSSR count). The van der Waals surface area contributed by atoms with Gasteiger partial charge >= 0.3 is 0 Å². The summed E-state index contributed by atoms with van der Waals surface area (Å²) in [6, 6.07) is 3.61. The number of nitrogens with one attached hydrogen (secondary N) is 1. The Morgan fingerprint density at radius 3 is 2.14 bits per heavy atom. The molecule has 0 atom stereocenters. The smallest absolute Gasteiger partial charge is 0.243 e. The summed E-state index contributed by atoms with van der Waals surface area (Å²) in [5, 5.41) is 3.26. The monoisotopic (exact) mass is 348 g/mol. The third kappa shape index (κ3) is 3.74. The van der Waals surface area contributed by atoms with Crippen LogP contribution in [0.25, 0.3) is 0 Å². The van der Waals surface area contributed by atoms with E-state index in [1.54, 1.807) is 26.3 Å². The summed E-state index contributed by atoms with van der Waals surface area (Å²) in [4.78, 5) is 0.407. The number of sulfonamides is 1. The summed E-state index contributed by atoms with van der Waals surface area (Å²) < 4.78 is 32.6. The number of methoxy groups -OCH3 is 1. The van der Waals surface area contributed by atoms with Gasteiger partial charge in [-0.05, 0) is 63.0 Å². The number of aryl methyl sites for hydroxylation is 2. The molecule has 1 aliphatic rings. The van der Waals surface area contributed by atoms with Gasteiger partial charge in [-0.3, -0.25) is 0 Å². The highest BCUT2D eigenvalue weighted by Crippen LogP contribution is 2.29. The molecular formula is C15H25ClN2O3S. The van der Waals surface area contributed by atoms with Gasteiger partial charge in [0.15, 0.2) is 0 Å². The Morgan fingerprint density at radius 1 is 1.18 bits per heavy atom. The topological polar surface area (TPSA) is 58.6 Å². The van der Waals surface area contributed by atoms with Gasteiger partial charge in [0, 0.05) is 13.1 Å². The van der Waals surface area contributed by atoms with Crippen LogP contribution in [0.15, 0.2) is 17.0 Å². The third-order valence-corrected chi connectivity index (χ3v) is 6.35. The molecule has 7 heteroatoms. The van der Waals surface area contributed by atoms with E-state index in [9.17, 15) is 8.42 Å². The molecule has 1 fully saturated rings. The third-order valence-electron chi connectivity index (χ3n) is 4.13. The average Bonchev–Trinajstić information content (AvgIpc) is 2.46. The van der Waals surface area contributed by atoms with Gasteiger partial charge in [-0.1, -0.05) is 0 Å². The van der Waals surface area contributed by atoms with Gasteiger partial charge in [0.1, 0.15) is 5.75 Å². The first-order valence-corrected chi connectivity index (χ1v) is 8.66. The van der Waals surface area contributed by atoms with Gasteiger partial charge in [-0.2, -0.15) is 4.31 Å². The number of ether oxygens (including phenoxy) is 1. The molecule has 126 valence electrons. The zero-order valence-corrected chi connectivity index (χ0v) is 15.2. The fraction of sp³-hybridized carbons (Fsp3) is 0.600. The van der Waals surface area contributed by atoms with E-state index >= 15 is 0 Å². The van der Waals surface area contributed by atoms with Gasteiger partial charge in [0.25, 0.3) is 0 Å². The lowest BCUT2D eigenvalue weighted by Gasteiger charge is -2.31. The number of rotatable bonds is 4. The highest BCUT2D eigenvalue weighted by atomic mass is 35.5. The fourth-order valence-electron chi connectivity index (χ4n) is 2.95. The van der Waals surface area contributed by atoms with E-state index in [2.05, 4.69) is 5.32 Å². The second-order valence-electron chi connectivity index (χ2n) is 5.59. The van der Waals surface area contributed by atoms with Crippen molar-refractivity contribution in [3.63, 3.8) is 0 Å². The molecule has 1 aliphatic heterocycles. The zero-order valence-electron chi connectivity index (χ0n) is 13.5. The van der Waals surface area contributed by atoms with E-state index in [0.717, 1.165) is 37.1 Å². The lowest BCUT2D eigenvalue weighted by molar-refractivity contribution is 0.296. The zero-order chi connectivity index (χ0) is 15.6. The molecule has 0 aliphatic carbocycles. The lowest BCUT2D eigenvalue weighted by Crippen LogP contribution is -2.44. The summed E-state index contributed by atoms with van der Waals surface area (Å²) in [6.45, 7) is 5.37. The largest absolute Gasteiger partial charge is 0.497 e. The van der Waals surface area contributed by atoms with Gasteiger partial charge in [0.2, 0.25) is 10.0 Å². The van der Waals surface area contributed by atoms with Crippen molar-refractivity contribution in [2.24, 2.45) is 0 Å². The van der Waals surface area contributed by atoms with E-state index in [1.807, 2.05) is 13.8 Å². The second kappa shape index (κ2) is 7.64. The van der Waals surface area contributed by atoms with Crippen molar-refractivity contribution in [3.05, 3.63) is 23.3 Å². The Morgan fingerprint density at radius 2 is 1.68 bits per heavy atom. The Balaban J connectivity index is 0.00000242. The molecule has 0 spiro atoms. The maximum atomic E-state index is 12.9. The molecule has 0 unspecified atom stereocenters. The van der Waals surface area contributed by atoms with Crippen LogP contribution in [-0.2, 0) is 10.0 Å². The highest BCUT2D eigenvalue weighted by molar-refractivity contribution is 7.89. The SMILES string of the molecule is COc1cc(C)c(S(=O)(=O)N(C)C2CCNCC2)c(C)c1.Cl. The Labute approximate surface area is 139 Å². The first-order chi connectivity index (χ1) is 9.87. The molecule has 1 saturated heterocycles. The van der Waals surface area contributed by atoms with Crippen molar-refractivity contribution < 1.29 is 13.2 Å². The average molecular weight is 349 g/mol. The maximum Gasteiger partial charge on any atom is 0.243 e. The number of nitrogens with zero attached hydrogens (tertiary/aromatic N) is 1. The van der Waals surface area contributed by atoms with Crippen LogP contribution in [0.1, 0.15) is 24.0 Å². The summed E-state index contributed by atoms with van der Waals surface area (Å²) in [5.74, 6) is 0.688. The van der Waals surface area contributed by atoms with Crippen LogP contribution in [0.5, 0.6) is 5.75 Å². The number of benzene rings is 1. The van der Waals surface area contributed by atoms with Gasteiger partial charge in [0.05, 0.1) is 12.0 Å². The van der Waals surface area contributed by atoms with Crippen molar-refractivity contribution in [2.45, 2.75) is 37.6 Å². The Bertz CT molecular complexity index is 590. The predicted molar refractivity (Wildman–Crippen MR) is 90.6 cm³/mol. The molecule has 0 aromatic heterocycles. The molecule has 0 radical (unpaired) electrons. The Kier molecular flexibility index (Phi) is 6.67. The van der Waals surface area contributed by atoms with Gasteiger partial charge in [-0.25, -0.2) is 8.42 Å². The van der Waals surface area contributed by atoms with E-state index in [4.69, 9.17) is 4.74 Å².